The zero-order chi connectivity index (χ0) is 23.5. The van der Waals surface area contributed by atoms with Crippen LogP contribution < -0.4 is 5.73 Å². The largest absolute Gasteiger partial charge is 0.433 e. The van der Waals surface area contributed by atoms with Crippen molar-refractivity contribution in [2.75, 3.05) is 5.73 Å². The van der Waals surface area contributed by atoms with E-state index < -0.39 is 17.8 Å². The van der Waals surface area contributed by atoms with E-state index in [0.29, 0.717) is 27.4 Å². The highest BCUT2D eigenvalue weighted by Gasteiger charge is 2.35. The number of thiophene rings is 1. The molecule has 0 radical (unpaired) electrons. The lowest BCUT2D eigenvalue weighted by Gasteiger charge is -2.12. The van der Waals surface area contributed by atoms with E-state index in [4.69, 9.17) is 17.3 Å². The number of carbonyl (C=O) groups is 1. The van der Waals surface area contributed by atoms with Crippen LogP contribution in [-0.4, -0.2) is 20.7 Å². The molecule has 0 aliphatic rings. The predicted molar refractivity (Wildman–Crippen MR) is 120 cm³/mol. The third kappa shape index (κ3) is 3.55. The molecule has 5 nitrogen and oxygen atoms in total. The van der Waals surface area contributed by atoms with Gasteiger partial charge in [-0.3, -0.25) is 4.79 Å². The van der Waals surface area contributed by atoms with Gasteiger partial charge in [0.05, 0.1) is 22.1 Å². The predicted octanol–water partition coefficient (Wildman–Crippen LogP) is 6.34. The van der Waals surface area contributed by atoms with E-state index in [0.717, 1.165) is 33.2 Å². The van der Waals surface area contributed by atoms with Crippen LogP contribution in [0.4, 0.5) is 18.9 Å². The second-order valence-electron chi connectivity index (χ2n) is 7.58. The molecular formula is C22H18ClF3N4OS. The number of pyridine rings is 1. The van der Waals surface area contributed by atoms with Crippen molar-refractivity contribution in [3.8, 4) is 11.1 Å². The molecule has 4 rings (SSSR count). The van der Waals surface area contributed by atoms with E-state index >= 15 is 0 Å². The van der Waals surface area contributed by atoms with Gasteiger partial charge in [-0.1, -0.05) is 29.8 Å². The summed E-state index contributed by atoms with van der Waals surface area (Å²) >= 11 is 6.96. The third-order valence-electron chi connectivity index (χ3n) is 5.40. The van der Waals surface area contributed by atoms with Crippen molar-refractivity contribution in [1.29, 1.82) is 0 Å². The number of nitrogens with zero attached hydrogens (tertiary/aromatic N) is 3. The zero-order valence-electron chi connectivity index (χ0n) is 17.6. The maximum Gasteiger partial charge on any atom is 0.433 e. The summed E-state index contributed by atoms with van der Waals surface area (Å²) in [4.78, 5) is 17.0. The molecule has 3 heterocycles. The Morgan fingerprint density at radius 3 is 2.38 bits per heavy atom. The average molecular weight is 479 g/mol. The minimum Gasteiger partial charge on any atom is -0.397 e. The molecule has 1 aromatic carbocycles. The maximum absolute atomic E-state index is 13.6. The molecule has 2 N–H and O–H groups in total. The van der Waals surface area contributed by atoms with Gasteiger partial charge in [-0.2, -0.15) is 23.0 Å². The molecule has 0 aliphatic heterocycles. The maximum atomic E-state index is 13.6. The molecule has 0 spiro atoms. The quantitative estimate of drug-likeness (QED) is 0.365. The summed E-state index contributed by atoms with van der Waals surface area (Å²) in [5, 5.41) is 4.79. The van der Waals surface area contributed by atoms with Crippen molar-refractivity contribution in [3.63, 3.8) is 0 Å². The normalized spacial score (nSPS) is 12.0. The first kappa shape index (κ1) is 22.3. The first-order valence-corrected chi connectivity index (χ1v) is 10.7. The Morgan fingerprint density at radius 1 is 1.12 bits per heavy atom. The molecule has 0 saturated heterocycles. The lowest BCUT2D eigenvalue weighted by molar-refractivity contribution is -0.140. The van der Waals surface area contributed by atoms with Gasteiger partial charge >= 0.3 is 6.18 Å². The minimum atomic E-state index is -4.66. The summed E-state index contributed by atoms with van der Waals surface area (Å²) in [6, 6.07) is 6.33. The molecule has 0 fully saturated rings. The summed E-state index contributed by atoms with van der Waals surface area (Å²) in [5.41, 5.74) is 8.98. The van der Waals surface area contributed by atoms with Crippen LogP contribution in [0.5, 0.6) is 0 Å². The monoisotopic (exact) mass is 478 g/mol. The summed E-state index contributed by atoms with van der Waals surface area (Å²) in [6.07, 6.45) is -4.66. The van der Waals surface area contributed by atoms with Gasteiger partial charge in [-0.25, -0.2) is 4.98 Å². The Balaban J connectivity index is 2.01. The number of nitrogen functional groups attached to an aromatic ring is 1. The number of rotatable bonds is 2. The van der Waals surface area contributed by atoms with Gasteiger partial charge in [0.25, 0.3) is 5.91 Å². The Kier molecular flexibility index (Phi) is 5.29. The summed E-state index contributed by atoms with van der Waals surface area (Å²) in [5.74, 6) is -0.572. The topological polar surface area (TPSA) is 73.8 Å². The molecule has 3 aromatic heterocycles. The van der Waals surface area contributed by atoms with Crippen LogP contribution in [-0.2, 0) is 6.18 Å². The first-order chi connectivity index (χ1) is 14.9. The van der Waals surface area contributed by atoms with Crippen LogP contribution in [0.25, 0.3) is 21.3 Å². The number of aryl methyl sites for hydroxylation is 3. The van der Waals surface area contributed by atoms with E-state index in [2.05, 4.69) is 10.1 Å². The van der Waals surface area contributed by atoms with Crippen molar-refractivity contribution >= 4 is 44.7 Å². The molecule has 0 amide bonds. The second-order valence-corrected chi connectivity index (χ2v) is 8.96. The highest BCUT2D eigenvalue weighted by atomic mass is 35.5. The van der Waals surface area contributed by atoms with Crippen LogP contribution in [0.15, 0.2) is 24.3 Å². The average Bonchev–Trinajstić information content (AvgIpc) is 3.20. The smallest absolute Gasteiger partial charge is 0.397 e. The fourth-order valence-electron chi connectivity index (χ4n) is 3.48. The molecule has 32 heavy (non-hydrogen) atoms. The third-order valence-corrected chi connectivity index (χ3v) is 7.03. The number of halogens is 4. The number of aromatic nitrogens is 3. The number of nitrogens with two attached hydrogens (primary N) is 1. The van der Waals surface area contributed by atoms with Crippen LogP contribution in [0.3, 0.4) is 0 Å². The summed E-state index contributed by atoms with van der Waals surface area (Å²) in [6.45, 7) is 7.07. The minimum absolute atomic E-state index is 0.0292. The number of benzene rings is 1. The molecule has 0 aliphatic carbocycles. The van der Waals surface area contributed by atoms with E-state index in [1.54, 1.807) is 26.0 Å². The van der Waals surface area contributed by atoms with Crippen molar-refractivity contribution in [1.82, 2.24) is 14.8 Å². The van der Waals surface area contributed by atoms with Gasteiger partial charge in [-0.05, 0) is 56.0 Å². The standard InChI is InChI=1S/C22H18ClF3N4OS/c1-9-5-6-13(7-10(9)2)14-8-15(22(24,25)26)28-20-16(14)18(27)19(32-20)21(31)30-12(4)17(23)11(3)29-30/h5-8H,27H2,1-4H3. The Labute approximate surface area is 190 Å². The van der Waals surface area contributed by atoms with Crippen molar-refractivity contribution in [3.05, 3.63) is 62.4 Å². The molecule has 4 aromatic rings. The van der Waals surface area contributed by atoms with Gasteiger partial charge < -0.3 is 5.73 Å². The first-order valence-electron chi connectivity index (χ1n) is 9.54. The number of hydrogen-bond acceptors (Lipinski definition) is 5. The SMILES string of the molecule is Cc1ccc(-c2cc(C(F)(F)F)nc3sc(C(=O)n4nc(C)c(Cl)c4C)c(N)c23)cc1C. The number of fused-ring (bicyclic) bond motifs is 1. The molecule has 10 heteroatoms. The van der Waals surface area contributed by atoms with Crippen LogP contribution in [0, 0.1) is 27.7 Å². The Hall–Kier alpha value is -2.91. The molecule has 0 bridgehead atoms. The van der Waals surface area contributed by atoms with E-state index in [-0.39, 0.29) is 21.0 Å². The van der Waals surface area contributed by atoms with Crippen molar-refractivity contribution in [2.24, 2.45) is 0 Å². The number of anilines is 1. The summed E-state index contributed by atoms with van der Waals surface area (Å²) in [7, 11) is 0. The van der Waals surface area contributed by atoms with Gasteiger partial charge in [0.2, 0.25) is 0 Å². The van der Waals surface area contributed by atoms with Crippen molar-refractivity contribution in [2.45, 2.75) is 33.9 Å². The van der Waals surface area contributed by atoms with E-state index in [1.165, 1.54) is 0 Å². The lowest BCUT2D eigenvalue weighted by Crippen LogP contribution is -2.15. The van der Waals surface area contributed by atoms with Crippen LogP contribution in [0.2, 0.25) is 5.02 Å². The second kappa shape index (κ2) is 7.60. The van der Waals surface area contributed by atoms with Crippen LogP contribution >= 0.6 is 22.9 Å². The van der Waals surface area contributed by atoms with Crippen molar-refractivity contribution < 1.29 is 18.0 Å². The molecule has 0 saturated carbocycles. The fraction of sp³-hybridized carbons (Fsp3) is 0.227. The summed E-state index contributed by atoms with van der Waals surface area (Å²) < 4.78 is 41.9. The number of carbonyl (C=O) groups excluding carboxylic acids is 1. The van der Waals surface area contributed by atoms with E-state index in [9.17, 15) is 18.0 Å². The zero-order valence-corrected chi connectivity index (χ0v) is 19.1. The molecule has 0 atom stereocenters. The Bertz CT molecular complexity index is 1400. The van der Waals surface area contributed by atoms with Gasteiger partial charge in [0.15, 0.2) is 0 Å². The van der Waals surface area contributed by atoms with Gasteiger partial charge in [0.1, 0.15) is 15.4 Å². The molecule has 166 valence electrons. The highest BCUT2D eigenvalue weighted by molar-refractivity contribution is 7.21. The van der Waals surface area contributed by atoms with Gasteiger partial charge in [-0.15, -0.1) is 11.3 Å². The number of alkyl halides is 3. The van der Waals surface area contributed by atoms with Gasteiger partial charge in [0, 0.05) is 5.39 Å². The molecule has 0 unspecified atom stereocenters. The highest BCUT2D eigenvalue weighted by Crippen LogP contribution is 2.43. The number of hydrogen-bond donors (Lipinski definition) is 1. The Morgan fingerprint density at radius 2 is 1.81 bits per heavy atom. The molecular weight excluding hydrogens is 461 g/mol. The fourth-order valence-corrected chi connectivity index (χ4v) is 4.64. The van der Waals surface area contributed by atoms with Crippen LogP contribution in [0.1, 0.15) is 37.9 Å². The van der Waals surface area contributed by atoms with E-state index in [1.807, 2.05) is 19.9 Å². The lowest BCUT2D eigenvalue weighted by atomic mass is 9.97.